The smallest absolute Gasteiger partial charge is 0.255 e. The van der Waals surface area contributed by atoms with Crippen LogP contribution in [0.4, 0.5) is 5.69 Å². The van der Waals surface area contributed by atoms with Crippen molar-refractivity contribution in [1.82, 2.24) is 4.90 Å². The summed E-state index contributed by atoms with van der Waals surface area (Å²) in [5.74, 6) is -7.24. The standard InChI is InChI=1S/C23H25N3O8/c1-26(2)8-15(29)25-12-3-4-13(27)17-11(12)6-9-5-10-7-14(28)18(22(24)33)21(32)23(10,34)20(31)16(9)19(17)30/h3-4,9-10,27,30,32,34H,5-8H2,1-2H3,(H2,24,33)(H,25,29)/t9-,10+,23+/m1/s1. The molecule has 0 aromatic heterocycles. The number of anilines is 1. The van der Waals surface area contributed by atoms with Crippen LogP contribution < -0.4 is 11.1 Å². The van der Waals surface area contributed by atoms with Crippen LogP contribution in [0, 0.1) is 11.8 Å². The second kappa shape index (κ2) is 7.96. The van der Waals surface area contributed by atoms with Gasteiger partial charge in [0.1, 0.15) is 22.8 Å². The molecule has 0 bridgehead atoms. The molecule has 1 saturated carbocycles. The van der Waals surface area contributed by atoms with Gasteiger partial charge in [-0.05, 0) is 50.6 Å². The van der Waals surface area contributed by atoms with Crippen LogP contribution >= 0.6 is 0 Å². The summed E-state index contributed by atoms with van der Waals surface area (Å²) in [6, 6.07) is 2.74. The number of hydrogen-bond donors (Lipinski definition) is 6. The van der Waals surface area contributed by atoms with Gasteiger partial charge in [0.05, 0.1) is 12.1 Å². The fourth-order valence-corrected chi connectivity index (χ4v) is 5.22. The third-order valence-electron chi connectivity index (χ3n) is 6.68. The molecule has 1 aromatic rings. The number of hydrogen-bond acceptors (Lipinski definition) is 9. The number of phenolic OH excluding ortho intramolecular Hbond substituents is 1. The Labute approximate surface area is 194 Å². The summed E-state index contributed by atoms with van der Waals surface area (Å²) in [4.78, 5) is 51.5. The summed E-state index contributed by atoms with van der Waals surface area (Å²) in [5.41, 5.74) is 2.16. The van der Waals surface area contributed by atoms with Gasteiger partial charge >= 0.3 is 0 Å². The van der Waals surface area contributed by atoms with Gasteiger partial charge < -0.3 is 36.4 Å². The van der Waals surface area contributed by atoms with Crippen LogP contribution in [0.2, 0.25) is 0 Å². The molecule has 1 fully saturated rings. The van der Waals surface area contributed by atoms with Crippen LogP contribution in [0.1, 0.15) is 24.0 Å². The summed E-state index contributed by atoms with van der Waals surface area (Å²) in [6.07, 6.45) is -0.265. The fourth-order valence-electron chi connectivity index (χ4n) is 5.22. The zero-order valence-electron chi connectivity index (χ0n) is 18.6. The number of primary amides is 1. The van der Waals surface area contributed by atoms with Gasteiger partial charge in [0.2, 0.25) is 11.7 Å². The summed E-state index contributed by atoms with van der Waals surface area (Å²) in [6.45, 7) is 0.0929. The molecule has 3 aliphatic carbocycles. The number of aliphatic hydroxyl groups excluding tert-OH is 2. The summed E-state index contributed by atoms with van der Waals surface area (Å²) in [5, 5.41) is 46.0. The maximum absolute atomic E-state index is 13.4. The largest absolute Gasteiger partial charge is 0.508 e. The summed E-state index contributed by atoms with van der Waals surface area (Å²) < 4.78 is 0. The number of aliphatic hydroxyl groups is 3. The Bertz CT molecular complexity index is 1210. The molecule has 0 saturated heterocycles. The normalized spacial score (nSPS) is 26.2. The van der Waals surface area contributed by atoms with Crippen LogP contribution in [-0.2, 0) is 25.6 Å². The highest BCUT2D eigenvalue weighted by molar-refractivity contribution is 6.22. The molecule has 0 radical (unpaired) electrons. The number of phenols is 1. The number of rotatable bonds is 4. The Hall–Kier alpha value is -3.70. The first-order valence-corrected chi connectivity index (χ1v) is 10.6. The van der Waals surface area contributed by atoms with E-state index in [4.69, 9.17) is 5.73 Å². The number of amides is 2. The van der Waals surface area contributed by atoms with Gasteiger partial charge in [-0.25, -0.2) is 0 Å². The number of fused-ring (bicyclic) bond motifs is 3. The molecule has 0 heterocycles. The number of Topliss-reactive ketones (excluding diaryl/α,β-unsaturated/α-hetero) is 2. The van der Waals surface area contributed by atoms with Gasteiger partial charge in [-0.2, -0.15) is 0 Å². The number of aromatic hydroxyl groups is 1. The third-order valence-corrected chi connectivity index (χ3v) is 6.68. The first-order chi connectivity index (χ1) is 15.9. The number of benzene rings is 1. The fraction of sp³-hybridized carbons (Fsp3) is 0.391. The van der Waals surface area contributed by atoms with Gasteiger partial charge in [0.15, 0.2) is 11.4 Å². The van der Waals surface area contributed by atoms with Gasteiger partial charge in [-0.1, -0.05) is 0 Å². The van der Waals surface area contributed by atoms with Gasteiger partial charge in [-0.15, -0.1) is 0 Å². The van der Waals surface area contributed by atoms with E-state index in [1.807, 2.05) is 0 Å². The zero-order chi connectivity index (χ0) is 25.1. The molecule has 2 amide bonds. The number of nitrogens with two attached hydrogens (primary N) is 1. The molecule has 11 heteroatoms. The average Bonchev–Trinajstić information content (AvgIpc) is 2.71. The molecule has 34 heavy (non-hydrogen) atoms. The van der Waals surface area contributed by atoms with Crippen LogP contribution in [0.3, 0.4) is 0 Å². The minimum absolute atomic E-state index is 0.0175. The van der Waals surface area contributed by atoms with Crippen molar-refractivity contribution < 1.29 is 39.6 Å². The van der Waals surface area contributed by atoms with E-state index in [-0.39, 0.29) is 42.2 Å². The molecule has 180 valence electrons. The lowest BCUT2D eigenvalue weighted by atomic mass is 9.59. The highest BCUT2D eigenvalue weighted by Crippen LogP contribution is 2.52. The van der Waals surface area contributed by atoms with E-state index < -0.39 is 58.4 Å². The average molecular weight is 471 g/mol. The minimum atomic E-state index is -2.61. The Balaban J connectivity index is 1.84. The van der Waals surface area contributed by atoms with E-state index in [9.17, 15) is 39.6 Å². The van der Waals surface area contributed by atoms with Gasteiger partial charge in [0.25, 0.3) is 5.91 Å². The van der Waals surface area contributed by atoms with E-state index in [0.29, 0.717) is 11.3 Å². The monoisotopic (exact) mass is 471 g/mol. The first-order valence-electron chi connectivity index (χ1n) is 10.6. The molecule has 0 unspecified atom stereocenters. The second-order valence-electron chi connectivity index (χ2n) is 9.18. The molecule has 3 atom stereocenters. The summed E-state index contributed by atoms with van der Waals surface area (Å²) in [7, 11) is 3.45. The van der Waals surface area contributed by atoms with Crippen molar-refractivity contribution in [3.63, 3.8) is 0 Å². The first kappa shape index (κ1) is 23.5. The molecule has 7 N–H and O–H groups in total. The van der Waals surface area contributed by atoms with Crippen molar-refractivity contribution in [1.29, 1.82) is 0 Å². The quantitative estimate of drug-likeness (QED) is 0.258. The van der Waals surface area contributed by atoms with Crippen molar-refractivity contribution in [2.75, 3.05) is 26.0 Å². The summed E-state index contributed by atoms with van der Waals surface area (Å²) >= 11 is 0. The predicted molar refractivity (Wildman–Crippen MR) is 119 cm³/mol. The maximum atomic E-state index is 13.4. The van der Waals surface area contributed by atoms with Crippen LogP contribution in [0.25, 0.3) is 5.76 Å². The van der Waals surface area contributed by atoms with Gasteiger partial charge in [0, 0.05) is 23.6 Å². The van der Waals surface area contributed by atoms with Crippen LogP contribution in [0.5, 0.6) is 5.75 Å². The lowest BCUT2D eigenvalue weighted by molar-refractivity contribution is -0.147. The molecule has 0 aliphatic heterocycles. The van der Waals surface area contributed by atoms with Crippen molar-refractivity contribution in [3.8, 4) is 5.75 Å². The number of nitrogens with one attached hydrogen (secondary N) is 1. The Morgan fingerprint density at radius 3 is 2.47 bits per heavy atom. The second-order valence-corrected chi connectivity index (χ2v) is 9.18. The third kappa shape index (κ3) is 3.35. The molecular formula is C23H25N3O8. The highest BCUT2D eigenvalue weighted by atomic mass is 16.3. The highest BCUT2D eigenvalue weighted by Gasteiger charge is 2.60. The maximum Gasteiger partial charge on any atom is 0.255 e. The number of likely N-dealkylation sites (N-methyl/N-ethyl adjacent to an activating group) is 1. The zero-order valence-corrected chi connectivity index (χ0v) is 18.6. The Morgan fingerprint density at radius 2 is 1.85 bits per heavy atom. The van der Waals surface area contributed by atoms with Gasteiger partial charge in [-0.3, -0.25) is 19.2 Å². The van der Waals surface area contributed by atoms with Crippen LogP contribution in [0.15, 0.2) is 29.0 Å². The van der Waals surface area contributed by atoms with Crippen molar-refractivity contribution in [3.05, 3.63) is 40.2 Å². The Morgan fingerprint density at radius 1 is 1.18 bits per heavy atom. The van der Waals surface area contributed by atoms with E-state index >= 15 is 0 Å². The number of carbonyl (C=O) groups is 4. The van der Waals surface area contributed by atoms with Crippen LogP contribution in [-0.4, -0.2) is 74.9 Å². The molecular weight excluding hydrogens is 446 g/mol. The molecule has 3 aliphatic rings. The SMILES string of the molecule is CN(C)CC(=O)Nc1ccc(O)c2c1C[C@H]1C[C@H]3CC(=O)C(C(N)=O)=C(O)[C@@]3(O)C(=O)C1=C2O. The molecule has 1 aromatic carbocycles. The van der Waals surface area contributed by atoms with Crippen molar-refractivity contribution in [2.24, 2.45) is 17.6 Å². The lowest BCUT2D eigenvalue weighted by Gasteiger charge is -2.46. The molecule has 11 nitrogen and oxygen atoms in total. The molecule has 4 rings (SSSR count). The van der Waals surface area contributed by atoms with E-state index in [2.05, 4.69) is 5.32 Å². The topological polar surface area (TPSA) is 190 Å². The Kier molecular flexibility index (Phi) is 5.49. The predicted octanol–water partition coefficient (Wildman–Crippen LogP) is -0.0760. The number of ketones is 2. The van der Waals surface area contributed by atoms with Crippen molar-refractivity contribution >= 4 is 34.8 Å². The minimum Gasteiger partial charge on any atom is -0.508 e. The number of carbonyl (C=O) groups excluding carboxylic acids is 4. The number of nitrogens with zero attached hydrogens (tertiary/aromatic N) is 1. The van der Waals surface area contributed by atoms with E-state index in [1.54, 1.807) is 19.0 Å². The van der Waals surface area contributed by atoms with Crippen molar-refractivity contribution in [2.45, 2.75) is 24.9 Å². The van der Waals surface area contributed by atoms with E-state index in [0.717, 1.165) is 0 Å². The lowest BCUT2D eigenvalue weighted by Crippen LogP contribution is -2.58. The van der Waals surface area contributed by atoms with E-state index in [1.165, 1.54) is 12.1 Å². The molecule has 0 spiro atoms.